The molecule has 20 heavy (non-hydrogen) atoms. The fourth-order valence-electron chi connectivity index (χ4n) is 2.44. The van der Waals surface area contributed by atoms with Crippen molar-refractivity contribution in [3.8, 4) is 0 Å². The van der Waals surface area contributed by atoms with Gasteiger partial charge in [0.2, 0.25) is 0 Å². The molecule has 1 fully saturated rings. The van der Waals surface area contributed by atoms with Crippen molar-refractivity contribution in [2.24, 2.45) is 5.92 Å². The van der Waals surface area contributed by atoms with Crippen molar-refractivity contribution < 1.29 is 9.31 Å². The second-order valence-corrected chi connectivity index (χ2v) is 5.37. The van der Waals surface area contributed by atoms with Crippen LogP contribution in [-0.2, 0) is 0 Å². The van der Waals surface area contributed by atoms with Crippen molar-refractivity contribution in [1.82, 2.24) is 4.90 Å². The first kappa shape index (κ1) is 14.7. The molecule has 0 bridgehead atoms. The molecule has 110 valence electrons. The lowest BCUT2D eigenvalue weighted by Gasteiger charge is -2.30. The first-order valence-corrected chi connectivity index (χ1v) is 6.96. The molecule has 0 radical (unpaired) electrons. The third kappa shape index (κ3) is 3.90. The van der Waals surface area contributed by atoms with Gasteiger partial charge in [0.15, 0.2) is 0 Å². The second-order valence-electron chi connectivity index (χ2n) is 5.37. The van der Waals surface area contributed by atoms with Crippen LogP contribution in [0, 0.1) is 21.8 Å². The lowest BCUT2D eigenvalue weighted by molar-refractivity contribution is -0.384. The molecule has 1 heterocycles. The summed E-state index contributed by atoms with van der Waals surface area (Å²) in [4.78, 5) is 12.7. The summed E-state index contributed by atoms with van der Waals surface area (Å²) in [7, 11) is 0. The van der Waals surface area contributed by atoms with E-state index in [4.69, 9.17) is 0 Å². The molecule has 6 heteroatoms. The van der Waals surface area contributed by atoms with Crippen LogP contribution in [0.3, 0.4) is 0 Å². The molecule has 1 aliphatic rings. The maximum atomic E-state index is 13.2. The average molecular weight is 281 g/mol. The molecule has 1 saturated heterocycles. The SMILES string of the molecule is CC1CCN(CCNc2cc(F)ccc2[N+](=O)[O-])CC1. The Morgan fingerprint density at radius 2 is 2.15 bits per heavy atom. The molecule has 0 spiro atoms. The average Bonchev–Trinajstić information content (AvgIpc) is 2.41. The van der Waals surface area contributed by atoms with Crippen molar-refractivity contribution in [1.29, 1.82) is 0 Å². The number of nitro benzene ring substituents is 1. The molecule has 5 nitrogen and oxygen atoms in total. The Morgan fingerprint density at radius 3 is 2.80 bits per heavy atom. The van der Waals surface area contributed by atoms with Gasteiger partial charge in [-0.3, -0.25) is 10.1 Å². The number of rotatable bonds is 5. The molecule has 0 aromatic heterocycles. The van der Waals surface area contributed by atoms with Gasteiger partial charge in [-0.1, -0.05) is 6.92 Å². The van der Waals surface area contributed by atoms with Crippen molar-refractivity contribution in [3.05, 3.63) is 34.1 Å². The minimum atomic E-state index is -0.496. The van der Waals surface area contributed by atoms with Gasteiger partial charge in [-0.2, -0.15) is 0 Å². The standard InChI is InChI=1S/C14H20FN3O2/c1-11-4-7-17(8-5-11)9-6-16-13-10-12(15)2-3-14(13)18(19)20/h2-3,10-11,16H,4-9H2,1H3. The highest BCUT2D eigenvalue weighted by Gasteiger charge is 2.17. The smallest absolute Gasteiger partial charge is 0.292 e. The van der Waals surface area contributed by atoms with E-state index in [1.165, 1.54) is 25.0 Å². The summed E-state index contributed by atoms with van der Waals surface area (Å²) in [5.41, 5.74) is 0.166. The molecule has 0 unspecified atom stereocenters. The number of halogens is 1. The van der Waals surface area contributed by atoms with Gasteiger partial charge in [0.1, 0.15) is 11.5 Å². The number of piperidine rings is 1. The van der Waals surface area contributed by atoms with Gasteiger partial charge in [-0.25, -0.2) is 4.39 Å². The van der Waals surface area contributed by atoms with Crippen LogP contribution in [0.25, 0.3) is 0 Å². The summed E-state index contributed by atoms with van der Waals surface area (Å²) in [6.07, 6.45) is 2.39. The van der Waals surface area contributed by atoms with Gasteiger partial charge in [0.25, 0.3) is 5.69 Å². The molecule has 0 amide bonds. The number of nitrogens with one attached hydrogen (secondary N) is 1. The van der Waals surface area contributed by atoms with Crippen LogP contribution in [0.5, 0.6) is 0 Å². The van der Waals surface area contributed by atoms with E-state index in [1.54, 1.807) is 0 Å². The Bertz CT molecular complexity index is 473. The molecular formula is C14H20FN3O2. The topological polar surface area (TPSA) is 58.4 Å². The maximum Gasteiger partial charge on any atom is 0.292 e. The zero-order valence-electron chi connectivity index (χ0n) is 11.6. The molecular weight excluding hydrogens is 261 g/mol. The normalized spacial score (nSPS) is 17.1. The molecule has 2 rings (SSSR count). The van der Waals surface area contributed by atoms with E-state index in [0.717, 1.165) is 31.6 Å². The molecule has 0 aliphatic carbocycles. The largest absolute Gasteiger partial charge is 0.378 e. The summed E-state index contributed by atoms with van der Waals surface area (Å²) in [5, 5.41) is 13.8. The van der Waals surface area contributed by atoms with Crippen LogP contribution in [0.15, 0.2) is 18.2 Å². The van der Waals surface area contributed by atoms with E-state index in [-0.39, 0.29) is 11.4 Å². The third-order valence-electron chi connectivity index (χ3n) is 3.78. The van der Waals surface area contributed by atoms with E-state index in [9.17, 15) is 14.5 Å². The van der Waals surface area contributed by atoms with Gasteiger partial charge >= 0.3 is 0 Å². The molecule has 1 aliphatic heterocycles. The minimum Gasteiger partial charge on any atom is -0.378 e. The van der Waals surface area contributed by atoms with Crippen LogP contribution in [0.4, 0.5) is 15.8 Å². The monoisotopic (exact) mass is 281 g/mol. The summed E-state index contributed by atoms with van der Waals surface area (Å²) in [6.45, 7) is 5.78. The predicted octanol–water partition coefficient (Wildman–Crippen LogP) is 2.88. The fraction of sp³-hybridized carbons (Fsp3) is 0.571. The number of nitrogens with zero attached hydrogens (tertiary/aromatic N) is 2. The Balaban J connectivity index is 1.87. The summed E-state index contributed by atoms with van der Waals surface area (Å²) in [5.74, 6) is 0.313. The molecule has 0 saturated carbocycles. The van der Waals surface area contributed by atoms with Gasteiger partial charge in [0, 0.05) is 25.2 Å². The van der Waals surface area contributed by atoms with Crippen molar-refractivity contribution in [3.63, 3.8) is 0 Å². The lowest BCUT2D eigenvalue weighted by atomic mass is 9.99. The summed E-state index contributed by atoms with van der Waals surface area (Å²) < 4.78 is 13.2. The Hall–Kier alpha value is -1.69. The van der Waals surface area contributed by atoms with Crippen LogP contribution in [0.2, 0.25) is 0 Å². The van der Waals surface area contributed by atoms with E-state index in [2.05, 4.69) is 17.1 Å². The van der Waals surface area contributed by atoms with Gasteiger partial charge in [-0.05, 0) is 37.9 Å². The zero-order chi connectivity index (χ0) is 14.5. The molecule has 1 N–H and O–H groups in total. The molecule has 1 aromatic carbocycles. The van der Waals surface area contributed by atoms with E-state index >= 15 is 0 Å². The van der Waals surface area contributed by atoms with Gasteiger partial charge < -0.3 is 10.2 Å². The van der Waals surface area contributed by atoms with Crippen LogP contribution in [0.1, 0.15) is 19.8 Å². The Kier molecular flexibility index (Phi) is 4.89. The number of hydrogen-bond acceptors (Lipinski definition) is 4. The van der Waals surface area contributed by atoms with Gasteiger partial charge in [0.05, 0.1) is 4.92 Å². The highest BCUT2D eigenvalue weighted by atomic mass is 19.1. The minimum absolute atomic E-state index is 0.0846. The number of nitro groups is 1. The number of likely N-dealkylation sites (tertiary alicyclic amines) is 1. The van der Waals surface area contributed by atoms with Crippen molar-refractivity contribution >= 4 is 11.4 Å². The number of benzene rings is 1. The fourth-order valence-corrected chi connectivity index (χ4v) is 2.44. The van der Waals surface area contributed by atoms with Gasteiger partial charge in [-0.15, -0.1) is 0 Å². The van der Waals surface area contributed by atoms with Crippen LogP contribution in [-0.4, -0.2) is 36.0 Å². The number of anilines is 1. The van der Waals surface area contributed by atoms with E-state index in [0.29, 0.717) is 6.54 Å². The number of hydrogen-bond donors (Lipinski definition) is 1. The van der Waals surface area contributed by atoms with Crippen LogP contribution >= 0.6 is 0 Å². The first-order chi connectivity index (χ1) is 9.56. The van der Waals surface area contributed by atoms with Crippen molar-refractivity contribution in [2.45, 2.75) is 19.8 Å². The zero-order valence-corrected chi connectivity index (χ0v) is 11.6. The quantitative estimate of drug-likeness (QED) is 0.666. The van der Waals surface area contributed by atoms with E-state index in [1.807, 2.05) is 0 Å². The highest BCUT2D eigenvalue weighted by molar-refractivity contribution is 5.61. The Labute approximate surface area is 117 Å². The van der Waals surface area contributed by atoms with Crippen LogP contribution < -0.4 is 5.32 Å². The lowest BCUT2D eigenvalue weighted by Crippen LogP contribution is -2.36. The first-order valence-electron chi connectivity index (χ1n) is 6.96. The highest BCUT2D eigenvalue weighted by Crippen LogP contribution is 2.24. The second kappa shape index (κ2) is 6.65. The summed E-state index contributed by atoms with van der Waals surface area (Å²) in [6, 6.07) is 3.48. The maximum absolute atomic E-state index is 13.2. The summed E-state index contributed by atoms with van der Waals surface area (Å²) >= 11 is 0. The third-order valence-corrected chi connectivity index (χ3v) is 3.78. The van der Waals surface area contributed by atoms with Crippen molar-refractivity contribution in [2.75, 3.05) is 31.5 Å². The van der Waals surface area contributed by atoms with E-state index < -0.39 is 10.7 Å². The predicted molar refractivity (Wildman–Crippen MR) is 76.4 cm³/mol. The molecule has 0 atom stereocenters. The Morgan fingerprint density at radius 1 is 1.45 bits per heavy atom. The molecule has 1 aromatic rings.